The summed E-state index contributed by atoms with van der Waals surface area (Å²) in [6.07, 6.45) is 1.76. The molecule has 174 valence electrons. The lowest BCUT2D eigenvalue weighted by Crippen LogP contribution is -2.43. The van der Waals surface area contributed by atoms with E-state index in [0.29, 0.717) is 32.1 Å². The van der Waals surface area contributed by atoms with Crippen molar-refractivity contribution in [1.82, 2.24) is 19.6 Å². The summed E-state index contributed by atoms with van der Waals surface area (Å²) in [7, 11) is -3.50. The van der Waals surface area contributed by atoms with Crippen molar-refractivity contribution in [3.63, 3.8) is 0 Å². The second-order valence-electron chi connectivity index (χ2n) is 8.09. The van der Waals surface area contributed by atoms with Crippen molar-refractivity contribution < 1.29 is 13.2 Å². The van der Waals surface area contributed by atoms with Crippen LogP contribution in [0, 0.1) is 0 Å². The Morgan fingerprint density at radius 1 is 0.939 bits per heavy atom. The molecule has 0 atom stereocenters. The van der Waals surface area contributed by atoms with Crippen LogP contribution >= 0.6 is 0 Å². The highest BCUT2D eigenvalue weighted by Crippen LogP contribution is 2.26. The first-order valence-corrected chi connectivity index (χ1v) is 12.6. The summed E-state index contributed by atoms with van der Waals surface area (Å²) < 4.78 is 32.3. The molecule has 2 aromatic heterocycles. The Balaban J connectivity index is 1.28. The molecule has 0 amide bonds. The van der Waals surface area contributed by atoms with Crippen LogP contribution in [0.25, 0.3) is 11.3 Å². The van der Waals surface area contributed by atoms with E-state index in [-0.39, 0.29) is 4.90 Å². The molecule has 33 heavy (non-hydrogen) atoms. The largest absolute Gasteiger partial charge is 0.379 e. The van der Waals surface area contributed by atoms with Gasteiger partial charge >= 0.3 is 0 Å². The number of pyridine rings is 1. The van der Waals surface area contributed by atoms with Crippen molar-refractivity contribution in [3.8, 4) is 11.3 Å². The van der Waals surface area contributed by atoms with Crippen molar-refractivity contribution in [2.75, 3.05) is 62.7 Å². The maximum atomic E-state index is 12.8. The van der Waals surface area contributed by atoms with Gasteiger partial charge in [0.1, 0.15) is 11.6 Å². The maximum Gasteiger partial charge on any atom is 0.243 e. The van der Waals surface area contributed by atoms with Gasteiger partial charge in [-0.25, -0.2) is 13.4 Å². The second kappa shape index (κ2) is 9.52. The van der Waals surface area contributed by atoms with E-state index in [0.717, 1.165) is 48.9 Å². The molecule has 2 aliphatic heterocycles. The van der Waals surface area contributed by atoms with Crippen molar-refractivity contribution >= 4 is 27.3 Å². The van der Waals surface area contributed by atoms with Crippen LogP contribution in [0.1, 0.15) is 0 Å². The summed E-state index contributed by atoms with van der Waals surface area (Å²) >= 11 is 0. The van der Waals surface area contributed by atoms with Crippen LogP contribution in [-0.2, 0) is 14.8 Å². The average Bonchev–Trinajstić information content (AvgIpc) is 3.36. The Labute approximate surface area is 193 Å². The topological polar surface area (TPSA) is 103 Å². The van der Waals surface area contributed by atoms with E-state index in [2.05, 4.69) is 37.6 Å². The van der Waals surface area contributed by atoms with Gasteiger partial charge in [0.25, 0.3) is 0 Å². The van der Waals surface area contributed by atoms with Gasteiger partial charge in [-0.1, -0.05) is 0 Å². The number of H-pyrrole nitrogens is 1. The van der Waals surface area contributed by atoms with Gasteiger partial charge in [0.2, 0.25) is 10.0 Å². The van der Waals surface area contributed by atoms with E-state index in [4.69, 9.17) is 4.74 Å². The number of anilines is 3. The minimum atomic E-state index is -3.50. The fourth-order valence-corrected chi connectivity index (χ4v) is 5.51. The molecule has 9 nitrogen and oxygen atoms in total. The van der Waals surface area contributed by atoms with Crippen molar-refractivity contribution in [2.24, 2.45) is 0 Å². The van der Waals surface area contributed by atoms with Gasteiger partial charge in [0, 0.05) is 62.4 Å². The summed E-state index contributed by atoms with van der Waals surface area (Å²) in [5, 5.41) is 6.64. The summed E-state index contributed by atoms with van der Waals surface area (Å²) in [6.45, 7) is 5.58. The number of piperazine rings is 1. The number of aromatic amines is 1. The average molecular weight is 469 g/mol. The van der Waals surface area contributed by atoms with Crippen LogP contribution in [-0.4, -0.2) is 75.2 Å². The molecule has 0 spiro atoms. The van der Waals surface area contributed by atoms with E-state index in [1.54, 1.807) is 30.5 Å². The minimum Gasteiger partial charge on any atom is -0.379 e. The van der Waals surface area contributed by atoms with Gasteiger partial charge in [-0.3, -0.25) is 0 Å². The number of nitrogens with one attached hydrogen (secondary N) is 3. The number of benzene rings is 1. The summed E-state index contributed by atoms with van der Waals surface area (Å²) in [5.74, 6) is 1.81. The molecule has 0 unspecified atom stereocenters. The molecule has 2 fully saturated rings. The Kier molecular flexibility index (Phi) is 6.32. The number of morpholine rings is 1. The first kappa shape index (κ1) is 21.9. The van der Waals surface area contributed by atoms with Crippen molar-refractivity contribution in [1.29, 1.82) is 0 Å². The van der Waals surface area contributed by atoms with Crippen molar-refractivity contribution in [2.45, 2.75) is 4.90 Å². The zero-order valence-corrected chi connectivity index (χ0v) is 19.1. The third kappa shape index (κ3) is 4.88. The number of sulfonamides is 1. The SMILES string of the molecule is O=S(=O)(c1ccc(Nc2cc(-c3ccc(N4CCNCC4)[nH]3)ccn2)cc1)N1CCOCC1. The quantitative estimate of drug-likeness (QED) is 0.510. The van der Waals surface area contributed by atoms with Crippen molar-refractivity contribution in [3.05, 3.63) is 54.7 Å². The molecule has 10 heteroatoms. The Bertz CT molecular complexity index is 1180. The van der Waals surface area contributed by atoms with Crippen LogP contribution < -0.4 is 15.5 Å². The highest BCUT2D eigenvalue weighted by molar-refractivity contribution is 7.89. The molecular weight excluding hydrogens is 440 g/mol. The Morgan fingerprint density at radius 2 is 1.70 bits per heavy atom. The van der Waals surface area contributed by atoms with Crippen LogP contribution in [0.15, 0.2) is 59.6 Å². The third-order valence-electron chi connectivity index (χ3n) is 5.93. The lowest BCUT2D eigenvalue weighted by atomic mass is 10.2. The predicted molar refractivity (Wildman–Crippen MR) is 128 cm³/mol. The molecule has 5 rings (SSSR count). The highest BCUT2D eigenvalue weighted by Gasteiger charge is 2.26. The smallest absolute Gasteiger partial charge is 0.243 e. The first-order valence-electron chi connectivity index (χ1n) is 11.2. The monoisotopic (exact) mass is 468 g/mol. The number of ether oxygens (including phenoxy) is 1. The third-order valence-corrected chi connectivity index (χ3v) is 7.85. The van der Waals surface area contributed by atoms with E-state index < -0.39 is 10.0 Å². The summed E-state index contributed by atoms with van der Waals surface area (Å²) in [6, 6.07) is 14.9. The van der Waals surface area contributed by atoms with Crippen LogP contribution in [0.2, 0.25) is 0 Å². The van der Waals surface area contributed by atoms with Gasteiger partial charge < -0.3 is 25.3 Å². The van der Waals surface area contributed by atoms with Gasteiger partial charge in [-0.15, -0.1) is 0 Å². The molecule has 4 heterocycles. The Hall–Kier alpha value is -2.92. The van der Waals surface area contributed by atoms with E-state index in [1.165, 1.54) is 4.31 Å². The standard InChI is InChI=1S/C23H28N6O3S/c30-33(31,29-13-15-32-16-14-29)20-3-1-19(2-4-20)26-22-17-18(7-8-25-22)21-5-6-23(27-21)28-11-9-24-10-12-28/h1-8,17,24,27H,9-16H2,(H,25,26). The molecule has 2 saturated heterocycles. The van der Waals surface area contributed by atoms with E-state index in [1.807, 2.05) is 12.1 Å². The molecule has 3 aromatic rings. The lowest BCUT2D eigenvalue weighted by molar-refractivity contribution is 0.0730. The van der Waals surface area contributed by atoms with E-state index >= 15 is 0 Å². The number of hydrogen-bond donors (Lipinski definition) is 3. The predicted octanol–water partition coefficient (Wildman–Crippen LogP) is 2.25. The molecule has 3 N–H and O–H groups in total. The van der Waals surface area contributed by atoms with Crippen LogP contribution in [0.5, 0.6) is 0 Å². The number of nitrogens with zero attached hydrogens (tertiary/aromatic N) is 3. The molecule has 0 saturated carbocycles. The Morgan fingerprint density at radius 3 is 2.45 bits per heavy atom. The van der Waals surface area contributed by atoms with E-state index in [9.17, 15) is 8.42 Å². The molecule has 0 aliphatic carbocycles. The maximum absolute atomic E-state index is 12.8. The summed E-state index contributed by atoms with van der Waals surface area (Å²) in [5.41, 5.74) is 2.83. The number of rotatable bonds is 6. The molecule has 2 aliphatic rings. The molecule has 1 aromatic carbocycles. The fraction of sp³-hybridized carbons (Fsp3) is 0.348. The molecule has 0 radical (unpaired) electrons. The minimum absolute atomic E-state index is 0.281. The highest BCUT2D eigenvalue weighted by atomic mass is 32.2. The first-order chi connectivity index (χ1) is 16.1. The van der Waals surface area contributed by atoms with Crippen LogP contribution in [0.3, 0.4) is 0 Å². The van der Waals surface area contributed by atoms with Gasteiger partial charge in [0.15, 0.2) is 0 Å². The van der Waals surface area contributed by atoms with Gasteiger partial charge in [-0.05, 0) is 48.5 Å². The zero-order chi connectivity index (χ0) is 22.7. The summed E-state index contributed by atoms with van der Waals surface area (Å²) in [4.78, 5) is 10.5. The van der Waals surface area contributed by atoms with Gasteiger partial charge in [-0.2, -0.15) is 4.31 Å². The number of hydrogen-bond acceptors (Lipinski definition) is 7. The normalized spacial score (nSPS) is 17.8. The van der Waals surface area contributed by atoms with Crippen LogP contribution in [0.4, 0.5) is 17.3 Å². The second-order valence-corrected chi connectivity index (χ2v) is 10.0. The van der Waals surface area contributed by atoms with Gasteiger partial charge in [0.05, 0.1) is 18.1 Å². The fourth-order valence-electron chi connectivity index (χ4n) is 4.10. The zero-order valence-electron chi connectivity index (χ0n) is 18.3. The lowest BCUT2D eigenvalue weighted by Gasteiger charge is -2.28. The number of aromatic nitrogens is 2. The molecule has 0 bridgehead atoms. The molecular formula is C23H28N6O3S.